The summed E-state index contributed by atoms with van der Waals surface area (Å²) in [5, 5.41) is 26.9. The quantitative estimate of drug-likeness (QED) is 0.371. The Morgan fingerprint density at radius 2 is 1.88 bits per heavy atom. The Morgan fingerprint density at radius 3 is 2.35 bits per heavy atom. The maximum absolute atomic E-state index is 10.7. The van der Waals surface area contributed by atoms with Crippen molar-refractivity contribution < 1.29 is 24.9 Å². The molecule has 0 bridgehead atoms. The average Bonchev–Trinajstić information content (AvgIpc) is 2.19. The van der Waals surface area contributed by atoms with Gasteiger partial charge in [0.25, 0.3) is 0 Å². The van der Waals surface area contributed by atoms with Crippen LogP contribution in [0.25, 0.3) is 0 Å². The van der Waals surface area contributed by atoms with Gasteiger partial charge in [0, 0.05) is 17.3 Å². The number of nitrogen functional groups attached to an aromatic ring is 1. The fourth-order valence-corrected chi connectivity index (χ4v) is 1.40. The first kappa shape index (κ1) is 12.8. The highest BCUT2D eigenvalue weighted by molar-refractivity contribution is 5.94. The van der Waals surface area contributed by atoms with Crippen molar-refractivity contribution >= 4 is 17.6 Å². The predicted octanol–water partition coefficient (Wildman–Crippen LogP) is 0.147. The second-order valence-corrected chi connectivity index (χ2v) is 3.51. The number of phenolic OH excluding ortho intramolecular Hbond substituents is 1. The fourth-order valence-electron chi connectivity index (χ4n) is 1.40. The summed E-state index contributed by atoms with van der Waals surface area (Å²) in [5.41, 5.74) is 10.8. The highest BCUT2D eigenvalue weighted by Crippen LogP contribution is 2.29. The van der Waals surface area contributed by atoms with Crippen molar-refractivity contribution in [2.24, 2.45) is 5.73 Å². The zero-order chi connectivity index (χ0) is 13.2. The number of aromatic carboxylic acids is 1. The van der Waals surface area contributed by atoms with Crippen LogP contribution >= 0.6 is 0 Å². The summed E-state index contributed by atoms with van der Waals surface area (Å²) >= 11 is 0. The number of phenols is 1. The van der Waals surface area contributed by atoms with Crippen molar-refractivity contribution in [1.29, 1.82) is 0 Å². The van der Waals surface area contributed by atoms with E-state index in [0.717, 1.165) is 6.07 Å². The number of aromatic hydroxyl groups is 1. The summed E-state index contributed by atoms with van der Waals surface area (Å²) in [6.45, 7) is 0. The minimum atomic E-state index is -1.28. The van der Waals surface area contributed by atoms with Gasteiger partial charge in [0.05, 0.1) is 12.0 Å². The van der Waals surface area contributed by atoms with E-state index in [9.17, 15) is 14.7 Å². The smallest absolute Gasteiger partial charge is 0.337 e. The molecule has 0 aliphatic carbocycles. The lowest BCUT2D eigenvalue weighted by atomic mass is 10.00. The number of anilines is 1. The minimum Gasteiger partial charge on any atom is -0.508 e. The topological polar surface area (TPSA) is 147 Å². The Morgan fingerprint density at radius 1 is 1.29 bits per heavy atom. The number of benzene rings is 1. The van der Waals surface area contributed by atoms with Gasteiger partial charge in [0.1, 0.15) is 5.75 Å². The first-order chi connectivity index (χ1) is 7.82. The molecule has 1 atom stereocenters. The minimum absolute atomic E-state index is 0.0776. The van der Waals surface area contributed by atoms with Crippen LogP contribution in [0.2, 0.25) is 0 Å². The van der Waals surface area contributed by atoms with E-state index in [1.54, 1.807) is 0 Å². The van der Waals surface area contributed by atoms with Crippen LogP contribution in [0, 0.1) is 0 Å². The third-order valence-electron chi connectivity index (χ3n) is 2.22. The summed E-state index contributed by atoms with van der Waals surface area (Å²) in [7, 11) is 0. The predicted molar refractivity (Wildman–Crippen MR) is 58.7 cm³/mol. The molecule has 17 heavy (non-hydrogen) atoms. The molecule has 0 saturated heterocycles. The third-order valence-corrected chi connectivity index (χ3v) is 2.22. The van der Waals surface area contributed by atoms with E-state index in [-0.39, 0.29) is 29.0 Å². The molecule has 0 heterocycles. The molecule has 0 amide bonds. The van der Waals surface area contributed by atoms with Gasteiger partial charge in [-0.15, -0.1) is 0 Å². The fraction of sp³-hybridized carbons (Fsp3) is 0.200. The summed E-state index contributed by atoms with van der Waals surface area (Å²) in [6.07, 6.45) is -0.389. The molecule has 0 aliphatic rings. The maximum Gasteiger partial charge on any atom is 0.337 e. The second kappa shape index (κ2) is 4.71. The van der Waals surface area contributed by atoms with Gasteiger partial charge in [-0.2, -0.15) is 0 Å². The molecule has 7 heteroatoms. The van der Waals surface area contributed by atoms with E-state index in [2.05, 4.69) is 0 Å². The van der Waals surface area contributed by atoms with Crippen molar-refractivity contribution in [2.45, 2.75) is 12.5 Å². The highest BCUT2D eigenvalue weighted by atomic mass is 16.4. The van der Waals surface area contributed by atoms with Gasteiger partial charge in [0.15, 0.2) is 0 Å². The number of carboxylic acid groups (broad SMARTS) is 2. The summed E-state index contributed by atoms with van der Waals surface area (Å²) in [5.74, 6) is -2.79. The molecule has 7 N–H and O–H groups in total. The number of hydrogen-bond donors (Lipinski definition) is 5. The molecular formula is C10H12N2O5. The first-order valence-corrected chi connectivity index (χ1v) is 4.66. The van der Waals surface area contributed by atoms with Crippen LogP contribution in [0.3, 0.4) is 0 Å². The number of carboxylic acids is 2. The molecule has 0 fully saturated rings. The molecule has 0 aliphatic heterocycles. The van der Waals surface area contributed by atoms with Gasteiger partial charge < -0.3 is 26.8 Å². The Kier molecular flexibility index (Phi) is 3.54. The van der Waals surface area contributed by atoms with Gasteiger partial charge >= 0.3 is 11.9 Å². The van der Waals surface area contributed by atoms with Gasteiger partial charge in [-0.3, -0.25) is 4.79 Å². The van der Waals surface area contributed by atoms with Crippen molar-refractivity contribution in [3.63, 3.8) is 0 Å². The lowest BCUT2D eigenvalue weighted by Gasteiger charge is -2.13. The Hall–Kier alpha value is -2.28. The third kappa shape index (κ3) is 2.85. The lowest BCUT2D eigenvalue weighted by Crippen LogP contribution is -2.16. The average molecular weight is 240 g/mol. The summed E-state index contributed by atoms with van der Waals surface area (Å²) in [6, 6.07) is 1.18. The first-order valence-electron chi connectivity index (χ1n) is 4.66. The lowest BCUT2D eigenvalue weighted by molar-refractivity contribution is -0.137. The molecule has 0 radical (unpaired) electrons. The van der Waals surface area contributed by atoms with Crippen LogP contribution in [0.4, 0.5) is 5.69 Å². The molecule has 0 aromatic heterocycles. The van der Waals surface area contributed by atoms with Crippen molar-refractivity contribution in [2.75, 3.05) is 5.73 Å². The molecule has 7 nitrogen and oxygen atoms in total. The van der Waals surface area contributed by atoms with E-state index < -0.39 is 18.0 Å². The van der Waals surface area contributed by atoms with Crippen LogP contribution in [-0.4, -0.2) is 27.3 Å². The highest BCUT2D eigenvalue weighted by Gasteiger charge is 2.18. The normalized spacial score (nSPS) is 12.1. The standard InChI is InChI=1S/C10H12N2O5/c11-6-1-4(7(12)3-9(14)15)8(13)2-5(6)10(16)17/h1-2,7,13H,3,11-12H2,(H,14,15)(H,16,17)/t7-/m1/s1. The van der Waals surface area contributed by atoms with Gasteiger partial charge in [0.2, 0.25) is 0 Å². The van der Waals surface area contributed by atoms with E-state index >= 15 is 0 Å². The molecule has 0 spiro atoms. The molecule has 1 rings (SSSR count). The Bertz CT molecular complexity index is 472. The molecule has 1 aromatic carbocycles. The van der Waals surface area contributed by atoms with Crippen LogP contribution in [0.15, 0.2) is 12.1 Å². The molecule has 92 valence electrons. The number of hydrogen-bond acceptors (Lipinski definition) is 5. The molecular weight excluding hydrogens is 228 g/mol. The van der Waals surface area contributed by atoms with Crippen LogP contribution in [0.1, 0.15) is 28.4 Å². The van der Waals surface area contributed by atoms with Gasteiger partial charge in [-0.25, -0.2) is 4.79 Å². The van der Waals surface area contributed by atoms with Crippen LogP contribution < -0.4 is 11.5 Å². The van der Waals surface area contributed by atoms with E-state index in [0.29, 0.717) is 0 Å². The number of nitrogens with two attached hydrogens (primary N) is 2. The van der Waals surface area contributed by atoms with Gasteiger partial charge in [-0.1, -0.05) is 0 Å². The largest absolute Gasteiger partial charge is 0.508 e. The van der Waals surface area contributed by atoms with E-state index in [1.165, 1.54) is 6.07 Å². The molecule has 0 saturated carbocycles. The van der Waals surface area contributed by atoms with E-state index in [4.69, 9.17) is 21.7 Å². The van der Waals surface area contributed by atoms with Crippen LogP contribution in [-0.2, 0) is 4.79 Å². The number of carbonyl (C=O) groups is 2. The number of aliphatic carboxylic acids is 1. The molecule has 0 unspecified atom stereocenters. The SMILES string of the molecule is Nc1cc([C@H](N)CC(=O)O)c(O)cc1C(=O)O. The zero-order valence-electron chi connectivity index (χ0n) is 8.75. The maximum atomic E-state index is 10.7. The Labute approximate surface area is 96.3 Å². The van der Waals surface area contributed by atoms with E-state index in [1.807, 2.05) is 0 Å². The summed E-state index contributed by atoms with van der Waals surface area (Å²) < 4.78 is 0. The van der Waals surface area contributed by atoms with Crippen LogP contribution in [0.5, 0.6) is 5.75 Å². The Balaban J connectivity index is 3.15. The zero-order valence-corrected chi connectivity index (χ0v) is 8.75. The monoisotopic (exact) mass is 240 g/mol. The summed E-state index contributed by atoms with van der Waals surface area (Å²) in [4.78, 5) is 21.2. The second-order valence-electron chi connectivity index (χ2n) is 3.51. The van der Waals surface area contributed by atoms with Crippen molar-refractivity contribution in [1.82, 2.24) is 0 Å². The molecule has 1 aromatic rings. The van der Waals surface area contributed by atoms with Crippen molar-refractivity contribution in [3.05, 3.63) is 23.3 Å². The van der Waals surface area contributed by atoms with Crippen molar-refractivity contribution in [3.8, 4) is 5.75 Å². The van der Waals surface area contributed by atoms with Gasteiger partial charge in [-0.05, 0) is 12.1 Å². The number of rotatable bonds is 4.